The maximum absolute atomic E-state index is 12.4. The van der Waals surface area contributed by atoms with E-state index < -0.39 is 22.0 Å². The number of ether oxygens (including phenoxy) is 1. The first-order valence-electron chi connectivity index (χ1n) is 7.53. The van der Waals surface area contributed by atoms with Crippen molar-refractivity contribution >= 4 is 15.9 Å². The molecule has 132 valence electrons. The minimum Gasteiger partial charge on any atom is -0.481 e. The van der Waals surface area contributed by atoms with Crippen molar-refractivity contribution in [3.63, 3.8) is 0 Å². The second-order valence-electron chi connectivity index (χ2n) is 4.98. The Hall–Kier alpha value is -2.08. The normalized spacial score (nSPS) is 12.0. The van der Waals surface area contributed by atoms with Crippen LogP contribution < -0.4 is 14.9 Å². The summed E-state index contributed by atoms with van der Waals surface area (Å²) in [5.74, 6) is 5.13. The average Bonchev–Trinajstić information content (AvgIpc) is 2.58. The predicted molar refractivity (Wildman–Crippen MR) is 89.0 cm³/mol. The van der Waals surface area contributed by atoms with Gasteiger partial charge < -0.3 is 4.74 Å². The quantitative estimate of drug-likeness (QED) is 0.353. The summed E-state index contributed by atoms with van der Waals surface area (Å²) in [7, 11) is -3.89. The minimum atomic E-state index is -3.89. The van der Waals surface area contributed by atoms with E-state index in [0.717, 1.165) is 6.42 Å². The third-order valence-corrected chi connectivity index (χ3v) is 4.68. The Labute approximate surface area is 142 Å². The Morgan fingerprint density at radius 3 is 2.54 bits per heavy atom. The van der Waals surface area contributed by atoms with Crippen LogP contribution in [0.2, 0.25) is 0 Å². The van der Waals surface area contributed by atoms with Crippen LogP contribution in [0.5, 0.6) is 5.75 Å². The molecule has 0 aliphatic heterocycles. The summed E-state index contributed by atoms with van der Waals surface area (Å²) in [5, 5.41) is 8.75. The molecular formula is C16H22N2O5S. The van der Waals surface area contributed by atoms with Gasteiger partial charge >= 0.3 is 0 Å². The lowest BCUT2D eigenvalue weighted by Crippen LogP contribution is -2.45. The first-order valence-corrected chi connectivity index (χ1v) is 9.01. The highest BCUT2D eigenvalue weighted by molar-refractivity contribution is 7.89. The summed E-state index contributed by atoms with van der Waals surface area (Å²) in [6, 6.07) is 4.75. The van der Waals surface area contributed by atoms with Crippen molar-refractivity contribution in [2.75, 3.05) is 6.61 Å². The average molecular weight is 354 g/mol. The van der Waals surface area contributed by atoms with Gasteiger partial charge in [0.2, 0.25) is 10.0 Å². The molecule has 0 aliphatic rings. The van der Waals surface area contributed by atoms with Crippen LogP contribution in [0.25, 0.3) is 0 Å². The number of hydroxylamine groups is 1. The number of amides is 1. The zero-order chi connectivity index (χ0) is 18.0. The molecule has 3 N–H and O–H groups in total. The molecule has 0 heterocycles. The van der Waals surface area contributed by atoms with E-state index >= 15 is 0 Å². The molecular weight excluding hydrogens is 332 g/mol. The molecule has 0 spiro atoms. The van der Waals surface area contributed by atoms with Gasteiger partial charge in [0.05, 0.1) is 4.90 Å². The third-order valence-electron chi connectivity index (χ3n) is 3.19. The van der Waals surface area contributed by atoms with Crippen molar-refractivity contribution in [2.24, 2.45) is 0 Å². The Kier molecular flexibility index (Phi) is 8.26. The molecule has 0 aliphatic carbocycles. The lowest BCUT2D eigenvalue weighted by atomic mass is 10.1. The Balaban J connectivity index is 2.84. The largest absolute Gasteiger partial charge is 0.481 e. The monoisotopic (exact) mass is 354 g/mol. The molecule has 1 aromatic rings. The highest BCUT2D eigenvalue weighted by Crippen LogP contribution is 2.17. The molecule has 1 aromatic carbocycles. The molecule has 1 unspecified atom stereocenters. The van der Waals surface area contributed by atoms with Crippen LogP contribution in [0.3, 0.4) is 0 Å². The highest BCUT2D eigenvalue weighted by Gasteiger charge is 2.25. The second kappa shape index (κ2) is 9.93. The zero-order valence-corrected chi connectivity index (χ0v) is 14.5. The van der Waals surface area contributed by atoms with Crippen LogP contribution in [0.15, 0.2) is 29.2 Å². The van der Waals surface area contributed by atoms with Crippen molar-refractivity contribution in [3.05, 3.63) is 24.3 Å². The van der Waals surface area contributed by atoms with E-state index in [9.17, 15) is 13.2 Å². The first-order chi connectivity index (χ1) is 11.4. The molecule has 0 bridgehead atoms. The first kappa shape index (κ1) is 20.0. The van der Waals surface area contributed by atoms with Gasteiger partial charge in [0.1, 0.15) is 18.4 Å². The van der Waals surface area contributed by atoms with Gasteiger partial charge in [-0.2, -0.15) is 4.72 Å². The molecule has 0 aromatic heterocycles. The number of nitrogens with one attached hydrogen (secondary N) is 2. The molecule has 0 radical (unpaired) electrons. The summed E-state index contributed by atoms with van der Waals surface area (Å²) in [6.07, 6.45) is 1.73. The lowest BCUT2D eigenvalue weighted by molar-refractivity contribution is -0.131. The van der Waals surface area contributed by atoms with E-state index in [1.165, 1.54) is 29.7 Å². The Morgan fingerprint density at radius 2 is 2.00 bits per heavy atom. The molecule has 24 heavy (non-hydrogen) atoms. The van der Waals surface area contributed by atoms with Crippen molar-refractivity contribution in [1.29, 1.82) is 0 Å². The highest BCUT2D eigenvalue weighted by atomic mass is 32.2. The van der Waals surface area contributed by atoms with Crippen LogP contribution >= 0.6 is 0 Å². The molecule has 1 amide bonds. The van der Waals surface area contributed by atoms with Gasteiger partial charge in [-0.3, -0.25) is 10.0 Å². The van der Waals surface area contributed by atoms with Gasteiger partial charge in [-0.1, -0.05) is 25.7 Å². The van der Waals surface area contributed by atoms with Gasteiger partial charge in [-0.15, -0.1) is 5.92 Å². The second-order valence-corrected chi connectivity index (χ2v) is 6.69. The van der Waals surface area contributed by atoms with Gasteiger partial charge in [0, 0.05) is 0 Å². The molecule has 1 atom stereocenters. The summed E-state index contributed by atoms with van der Waals surface area (Å²) in [6.45, 7) is 3.84. The molecule has 1 rings (SSSR count). The third kappa shape index (κ3) is 6.20. The smallest absolute Gasteiger partial charge is 0.261 e. The van der Waals surface area contributed by atoms with Crippen LogP contribution in [0.4, 0.5) is 0 Å². The standard InChI is InChI=1S/C16H22N2O5S/c1-3-5-7-15(16(19)17-20)18-24(21,22)14-10-8-13(9-11-14)23-12-6-4-2/h8-11,15,18,20H,3,5,7,12H2,1-2H3,(H,17,19). The van der Waals surface area contributed by atoms with E-state index in [1.807, 2.05) is 6.92 Å². The van der Waals surface area contributed by atoms with E-state index in [-0.39, 0.29) is 11.5 Å². The van der Waals surface area contributed by atoms with Crippen molar-refractivity contribution in [3.8, 4) is 17.6 Å². The fourth-order valence-corrected chi connectivity index (χ4v) is 3.12. The Morgan fingerprint density at radius 1 is 1.33 bits per heavy atom. The van der Waals surface area contributed by atoms with Gasteiger partial charge in [-0.05, 0) is 37.6 Å². The number of rotatable bonds is 9. The number of carbonyl (C=O) groups is 1. The number of unbranched alkanes of at least 4 members (excludes halogenated alkanes) is 1. The van der Waals surface area contributed by atoms with Crippen molar-refractivity contribution < 1.29 is 23.2 Å². The van der Waals surface area contributed by atoms with Crippen LogP contribution in [-0.2, 0) is 14.8 Å². The van der Waals surface area contributed by atoms with Gasteiger partial charge in [0.25, 0.3) is 5.91 Å². The van der Waals surface area contributed by atoms with E-state index in [1.54, 1.807) is 6.92 Å². The zero-order valence-electron chi connectivity index (χ0n) is 13.7. The number of carbonyl (C=O) groups excluding carboxylic acids is 1. The van der Waals surface area contributed by atoms with Crippen LogP contribution in [-0.4, -0.2) is 32.2 Å². The SMILES string of the molecule is CC#CCOc1ccc(S(=O)(=O)NC(CCCC)C(=O)NO)cc1. The summed E-state index contributed by atoms with van der Waals surface area (Å²) in [4.78, 5) is 11.6. The predicted octanol–water partition coefficient (Wildman–Crippen LogP) is 1.43. The summed E-state index contributed by atoms with van der Waals surface area (Å²) >= 11 is 0. The maximum Gasteiger partial charge on any atom is 0.261 e. The minimum absolute atomic E-state index is 0.00339. The van der Waals surface area contributed by atoms with E-state index in [0.29, 0.717) is 18.6 Å². The summed E-state index contributed by atoms with van der Waals surface area (Å²) < 4.78 is 32.3. The number of benzene rings is 1. The number of hydrogen-bond acceptors (Lipinski definition) is 5. The molecule has 0 fully saturated rings. The fourth-order valence-electron chi connectivity index (χ4n) is 1.89. The summed E-state index contributed by atoms with van der Waals surface area (Å²) in [5.41, 5.74) is 1.49. The molecule has 8 heteroatoms. The molecule has 0 saturated heterocycles. The van der Waals surface area contributed by atoms with Crippen molar-refractivity contribution in [1.82, 2.24) is 10.2 Å². The molecule has 7 nitrogen and oxygen atoms in total. The van der Waals surface area contributed by atoms with Gasteiger partial charge in [-0.25, -0.2) is 13.9 Å². The fraction of sp³-hybridized carbons (Fsp3) is 0.438. The van der Waals surface area contributed by atoms with Crippen LogP contribution in [0, 0.1) is 11.8 Å². The number of sulfonamides is 1. The van der Waals surface area contributed by atoms with E-state index in [4.69, 9.17) is 9.94 Å². The van der Waals surface area contributed by atoms with Crippen LogP contribution in [0.1, 0.15) is 33.1 Å². The topological polar surface area (TPSA) is 105 Å². The van der Waals surface area contributed by atoms with Crippen molar-refractivity contribution in [2.45, 2.75) is 44.0 Å². The van der Waals surface area contributed by atoms with Gasteiger partial charge in [0.15, 0.2) is 0 Å². The van der Waals surface area contributed by atoms with E-state index in [2.05, 4.69) is 16.6 Å². The number of hydrogen-bond donors (Lipinski definition) is 3. The maximum atomic E-state index is 12.4. The lowest BCUT2D eigenvalue weighted by Gasteiger charge is -2.16. The molecule has 0 saturated carbocycles. The Bertz CT molecular complexity index is 689.